The summed E-state index contributed by atoms with van der Waals surface area (Å²) in [6.07, 6.45) is 1.42. The van der Waals surface area contributed by atoms with Crippen LogP contribution in [0.1, 0.15) is 28.0 Å². The molecular formula is C20H16FNO3. The van der Waals surface area contributed by atoms with Gasteiger partial charge in [-0.25, -0.2) is 4.39 Å². The van der Waals surface area contributed by atoms with E-state index < -0.39 is 17.7 Å². The quantitative estimate of drug-likeness (QED) is 0.776. The summed E-state index contributed by atoms with van der Waals surface area (Å²) >= 11 is 0. The van der Waals surface area contributed by atoms with Crippen molar-refractivity contribution in [2.24, 2.45) is 5.92 Å². The summed E-state index contributed by atoms with van der Waals surface area (Å²) in [5.41, 5.74) is 2.78. The van der Waals surface area contributed by atoms with Gasteiger partial charge in [-0.2, -0.15) is 0 Å². The fourth-order valence-electron chi connectivity index (χ4n) is 3.70. The van der Waals surface area contributed by atoms with Crippen LogP contribution in [0, 0.1) is 11.7 Å². The van der Waals surface area contributed by atoms with Crippen molar-refractivity contribution < 1.29 is 19.1 Å². The molecule has 4 nitrogen and oxygen atoms in total. The van der Waals surface area contributed by atoms with E-state index in [1.807, 2.05) is 24.3 Å². The summed E-state index contributed by atoms with van der Waals surface area (Å²) in [5.74, 6) is -1.98. The molecule has 126 valence electrons. The van der Waals surface area contributed by atoms with Crippen molar-refractivity contribution in [3.05, 3.63) is 71.2 Å². The maximum atomic E-state index is 13.5. The molecule has 0 saturated carbocycles. The van der Waals surface area contributed by atoms with E-state index in [4.69, 9.17) is 0 Å². The summed E-state index contributed by atoms with van der Waals surface area (Å²) in [4.78, 5) is 24.4. The first kappa shape index (κ1) is 15.6. The third kappa shape index (κ3) is 2.52. The highest BCUT2D eigenvalue weighted by Crippen LogP contribution is 2.35. The van der Waals surface area contributed by atoms with Gasteiger partial charge in [0, 0.05) is 16.6 Å². The van der Waals surface area contributed by atoms with Crippen molar-refractivity contribution in [3.8, 4) is 0 Å². The number of carbonyl (C=O) groups is 2. The van der Waals surface area contributed by atoms with Gasteiger partial charge in [0.1, 0.15) is 5.82 Å². The maximum absolute atomic E-state index is 13.5. The standard InChI is InChI=1S/C20H16FNO3/c21-14-5-3-4-12(10-14)19(23)22-17-7-2-1-6-15(17)16-11-13(20(24)25)8-9-18(16)22/h1-7,10,13H,8-9,11H2,(H,24,25). The Morgan fingerprint density at radius 1 is 1.12 bits per heavy atom. The van der Waals surface area contributed by atoms with E-state index in [-0.39, 0.29) is 11.5 Å². The van der Waals surface area contributed by atoms with Gasteiger partial charge in [-0.3, -0.25) is 14.2 Å². The normalized spacial score (nSPS) is 16.6. The zero-order valence-electron chi connectivity index (χ0n) is 13.4. The lowest BCUT2D eigenvalue weighted by Crippen LogP contribution is -2.24. The Bertz CT molecular complexity index is 1010. The third-order valence-electron chi connectivity index (χ3n) is 4.89. The Kier molecular flexibility index (Phi) is 3.64. The van der Waals surface area contributed by atoms with Gasteiger partial charge in [0.25, 0.3) is 5.91 Å². The first-order chi connectivity index (χ1) is 12.1. The molecule has 1 aliphatic rings. The van der Waals surface area contributed by atoms with Gasteiger partial charge in [-0.1, -0.05) is 24.3 Å². The van der Waals surface area contributed by atoms with Crippen molar-refractivity contribution in [3.63, 3.8) is 0 Å². The molecule has 0 radical (unpaired) electrons. The van der Waals surface area contributed by atoms with Gasteiger partial charge >= 0.3 is 5.97 Å². The van der Waals surface area contributed by atoms with E-state index in [9.17, 15) is 19.1 Å². The molecule has 0 fully saturated rings. The maximum Gasteiger partial charge on any atom is 0.306 e. The molecule has 5 heteroatoms. The molecule has 2 aromatic carbocycles. The SMILES string of the molecule is O=C(O)C1CCc2c(c3ccccc3n2C(=O)c2cccc(F)c2)C1. The lowest BCUT2D eigenvalue weighted by molar-refractivity contribution is -0.142. The number of benzene rings is 2. The second-order valence-corrected chi connectivity index (χ2v) is 6.37. The largest absolute Gasteiger partial charge is 0.481 e. The second kappa shape index (κ2) is 5.84. The van der Waals surface area contributed by atoms with Gasteiger partial charge in [0.2, 0.25) is 0 Å². The molecule has 1 aromatic heterocycles. The smallest absolute Gasteiger partial charge is 0.306 e. The van der Waals surface area contributed by atoms with Crippen LogP contribution in [0.5, 0.6) is 0 Å². The van der Waals surface area contributed by atoms with E-state index in [0.717, 1.165) is 22.2 Å². The minimum atomic E-state index is -0.807. The highest BCUT2D eigenvalue weighted by atomic mass is 19.1. The van der Waals surface area contributed by atoms with Gasteiger partial charge in [-0.05, 0) is 49.1 Å². The molecule has 0 amide bonds. The molecule has 0 saturated heterocycles. The number of carbonyl (C=O) groups excluding carboxylic acids is 1. The highest BCUT2D eigenvalue weighted by Gasteiger charge is 2.30. The Morgan fingerprint density at radius 2 is 1.92 bits per heavy atom. The van der Waals surface area contributed by atoms with Crippen LogP contribution in [-0.2, 0) is 17.6 Å². The number of aliphatic carboxylic acids is 1. The Labute approximate surface area is 143 Å². The van der Waals surface area contributed by atoms with E-state index in [2.05, 4.69) is 0 Å². The predicted octanol–water partition coefficient (Wildman–Crippen LogP) is 3.66. The van der Waals surface area contributed by atoms with Crippen LogP contribution in [0.2, 0.25) is 0 Å². The van der Waals surface area contributed by atoms with Gasteiger partial charge in [0.05, 0.1) is 11.4 Å². The van der Waals surface area contributed by atoms with Crippen LogP contribution in [-0.4, -0.2) is 21.6 Å². The lowest BCUT2D eigenvalue weighted by atomic mass is 9.86. The number of halogens is 1. The highest BCUT2D eigenvalue weighted by molar-refractivity contribution is 6.04. The molecule has 1 unspecified atom stereocenters. The van der Waals surface area contributed by atoms with E-state index >= 15 is 0 Å². The molecule has 1 heterocycles. The van der Waals surface area contributed by atoms with Crippen molar-refractivity contribution in [2.75, 3.05) is 0 Å². The number of hydrogen-bond donors (Lipinski definition) is 1. The molecule has 0 bridgehead atoms. The average molecular weight is 337 g/mol. The second-order valence-electron chi connectivity index (χ2n) is 6.37. The third-order valence-corrected chi connectivity index (χ3v) is 4.89. The van der Waals surface area contributed by atoms with Gasteiger partial charge in [0.15, 0.2) is 0 Å². The molecule has 1 atom stereocenters. The minimum absolute atomic E-state index is 0.281. The summed E-state index contributed by atoms with van der Waals surface area (Å²) in [7, 11) is 0. The number of carboxylic acids is 1. The van der Waals surface area contributed by atoms with Crippen LogP contribution >= 0.6 is 0 Å². The van der Waals surface area contributed by atoms with Crippen LogP contribution in [0.25, 0.3) is 10.9 Å². The number of fused-ring (bicyclic) bond motifs is 3. The number of nitrogens with zero attached hydrogens (tertiary/aromatic N) is 1. The topological polar surface area (TPSA) is 59.3 Å². The van der Waals surface area contributed by atoms with Crippen LogP contribution < -0.4 is 0 Å². The lowest BCUT2D eigenvalue weighted by Gasteiger charge is -2.20. The first-order valence-electron chi connectivity index (χ1n) is 8.20. The van der Waals surface area contributed by atoms with Crippen LogP contribution in [0.15, 0.2) is 48.5 Å². The summed E-state index contributed by atoms with van der Waals surface area (Å²) < 4.78 is 15.2. The van der Waals surface area contributed by atoms with Gasteiger partial charge < -0.3 is 5.11 Å². The van der Waals surface area contributed by atoms with Crippen molar-refractivity contribution in [1.29, 1.82) is 0 Å². The molecule has 0 spiro atoms. The van der Waals surface area contributed by atoms with E-state index in [0.29, 0.717) is 19.3 Å². The Hall–Kier alpha value is -2.95. The Morgan fingerprint density at radius 3 is 2.68 bits per heavy atom. The summed E-state index contributed by atoms with van der Waals surface area (Å²) in [6, 6.07) is 13.1. The van der Waals surface area contributed by atoms with Gasteiger partial charge in [-0.15, -0.1) is 0 Å². The van der Waals surface area contributed by atoms with Crippen LogP contribution in [0.3, 0.4) is 0 Å². The Balaban J connectivity index is 1.91. The van der Waals surface area contributed by atoms with Crippen molar-refractivity contribution in [2.45, 2.75) is 19.3 Å². The predicted molar refractivity (Wildman–Crippen MR) is 91.2 cm³/mol. The summed E-state index contributed by atoms with van der Waals surface area (Å²) in [6.45, 7) is 0. The molecule has 25 heavy (non-hydrogen) atoms. The molecular weight excluding hydrogens is 321 g/mol. The summed E-state index contributed by atoms with van der Waals surface area (Å²) in [5, 5.41) is 10.2. The average Bonchev–Trinajstić information content (AvgIpc) is 2.95. The van der Waals surface area contributed by atoms with Crippen molar-refractivity contribution in [1.82, 2.24) is 4.57 Å². The van der Waals surface area contributed by atoms with Crippen LogP contribution in [0.4, 0.5) is 4.39 Å². The molecule has 4 rings (SSSR count). The number of hydrogen-bond acceptors (Lipinski definition) is 2. The number of rotatable bonds is 2. The fraction of sp³-hybridized carbons (Fsp3) is 0.200. The molecule has 0 aliphatic heterocycles. The van der Waals surface area contributed by atoms with E-state index in [1.54, 1.807) is 10.6 Å². The molecule has 1 aliphatic carbocycles. The minimum Gasteiger partial charge on any atom is -0.481 e. The van der Waals surface area contributed by atoms with E-state index in [1.165, 1.54) is 18.2 Å². The zero-order valence-corrected chi connectivity index (χ0v) is 13.4. The first-order valence-corrected chi connectivity index (χ1v) is 8.20. The zero-order chi connectivity index (χ0) is 17.6. The number of aromatic nitrogens is 1. The monoisotopic (exact) mass is 337 g/mol. The molecule has 1 N–H and O–H groups in total. The number of para-hydroxylation sites is 1. The number of carboxylic acid groups (broad SMARTS) is 1. The van der Waals surface area contributed by atoms with Crippen molar-refractivity contribution >= 4 is 22.8 Å². The molecule has 3 aromatic rings. The fourth-order valence-corrected chi connectivity index (χ4v) is 3.70.